The van der Waals surface area contributed by atoms with E-state index in [9.17, 15) is 14.7 Å². The first-order chi connectivity index (χ1) is 16.8. The van der Waals surface area contributed by atoms with Crippen molar-refractivity contribution in [2.45, 2.75) is 96.3 Å². The number of amides is 1. The molecule has 1 aromatic heterocycles. The van der Waals surface area contributed by atoms with Crippen molar-refractivity contribution in [3.05, 3.63) is 45.8 Å². The lowest BCUT2D eigenvalue weighted by Gasteiger charge is -2.36. The number of hydrogen-bond donors (Lipinski definition) is 2. The molecule has 190 valence electrons. The van der Waals surface area contributed by atoms with Crippen molar-refractivity contribution in [1.82, 2.24) is 5.16 Å². The summed E-state index contributed by atoms with van der Waals surface area (Å²) in [6.45, 7) is 6.46. The molecule has 1 heterocycles. The van der Waals surface area contributed by atoms with Crippen LogP contribution in [0.1, 0.15) is 112 Å². The zero-order chi connectivity index (χ0) is 25.1. The first-order valence-electron chi connectivity index (χ1n) is 13.1. The monoisotopic (exact) mass is 500 g/mol. The summed E-state index contributed by atoms with van der Waals surface area (Å²) < 4.78 is 5.91. The van der Waals surface area contributed by atoms with Gasteiger partial charge in [0, 0.05) is 23.8 Å². The number of hydrogen-bond acceptors (Lipinski definition) is 4. The molecule has 35 heavy (non-hydrogen) atoms. The van der Waals surface area contributed by atoms with E-state index in [1.807, 2.05) is 13.0 Å². The normalized spacial score (nSPS) is 20.5. The molecule has 1 atom stereocenters. The summed E-state index contributed by atoms with van der Waals surface area (Å²) in [6, 6.07) is 5.43. The quantitative estimate of drug-likeness (QED) is 0.316. The fourth-order valence-corrected chi connectivity index (χ4v) is 5.83. The topological polar surface area (TPSA) is 92.4 Å². The Morgan fingerprint density at radius 3 is 2.49 bits per heavy atom. The number of carbonyl (C=O) groups excluding carboxylic acids is 1. The van der Waals surface area contributed by atoms with Gasteiger partial charge in [-0.2, -0.15) is 0 Å². The van der Waals surface area contributed by atoms with Gasteiger partial charge in [-0.15, -0.1) is 0 Å². The second kappa shape index (κ2) is 11.2. The van der Waals surface area contributed by atoms with Gasteiger partial charge in [0.2, 0.25) is 5.91 Å². The van der Waals surface area contributed by atoms with Crippen molar-refractivity contribution >= 4 is 29.2 Å². The zero-order valence-corrected chi connectivity index (χ0v) is 21.7. The number of anilines is 1. The van der Waals surface area contributed by atoms with E-state index in [0.29, 0.717) is 28.2 Å². The molecule has 7 heteroatoms. The Labute approximate surface area is 212 Å². The van der Waals surface area contributed by atoms with Crippen LogP contribution in [0.5, 0.6) is 0 Å². The lowest BCUT2D eigenvalue weighted by Crippen LogP contribution is -2.24. The van der Waals surface area contributed by atoms with Crippen LogP contribution >= 0.6 is 11.6 Å². The Morgan fingerprint density at radius 1 is 1.17 bits per heavy atom. The van der Waals surface area contributed by atoms with Crippen LogP contribution in [0.4, 0.5) is 5.69 Å². The fraction of sp³-hybridized carbons (Fsp3) is 0.607. The van der Waals surface area contributed by atoms with Crippen molar-refractivity contribution in [2.75, 3.05) is 5.32 Å². The van der Waals surface area contributed by atoms with Crippen LogP contribution in [-0.2, 0) is 9.59 Å². The zero-order valence-electron chi connectivity index (χ0n) is 21.0. The summed E-state index contributed by atoms with van der Waals surface area (Å²) >= 11 is 6.27. The van der Waals surface area contributed by atoms with E-state index >= 15 is 0 Å². The third-order valence-electron chi connectivity index (χ3n) is 7.84. The number of carboxylic acids is 1. The van der Waals surface area contributed by atoms with Gasteiger partial charge in [0.25, 0.3) is 0 Å². The predicted molar refractivity (Wildman–Crippen MR) is 137 cm³/mol. The Balaban J connectivity index is 1.49. The first-order valence-corrected chi connectivity index (χ1v) is 13.4. The molecule has 0 saturated heterocycles. The van der Waals surface area contributed by atoms with E-state index < -0.39 is 11.9 Å². The van der Waals surface area contributed by atoms with Crippen molar-refractivity contribution < 1.29 is 19.2 Å². The van der Waals surface area contributed by atoms with Crippen LogP contribution in [0, 0.1) is 18.8 Å². The summed E-state index contributed by atoms with van der Waals surface area (Å²) in [5.74, 6) is 1.43. The minimum atomic E-state index is -0.948. The average Bonchev–Trinajstić information content (AvgIpc) is 3.53. The number of rotatable bonds is 12. The maximum atomic E-state index is 12.9. The largest absolute Gasteiger partial charge is 0.481 e. The van der Waals surface area contributed by atoms with Crippen LogP contribution in [0.2, 0.25) is 5.02 Å². The molecular weight excluding hydrogens is 464 g/mol. The Bertz CT molecular complexity index is 1050. The lowest BCUT2D eigenvalue weighted by atomic mass is 9.68. The SMILES string of the molecule is CCC(CC)CC1CC(c2onc([C@H](CC(=O)O)CC(=O)Nc3ccc(C)cc3Cl)c2C2CC2)C1. The number of aromatic nitrogens is 1. The third kappa shape index (κ3) is 6.27. The molecule has 0 aliphatic heterocycles. The van der Waals surface area contributed by atoms with Gasteiger partial charge in [0.15, 0.2) is 0 Å². The van der Waals surface area contributed by atoms with Gasteiger partial charge in [-0.05, 0) is 74.5 Å². The number of aliphatic carboxylic acids is 1. The number of carboxylic acid groups (broad SMARTS) is 1. The molecular formula is C28H37ClN2O4. The summed E-state index contributed by atoms with van der Waals surface area (Å²) in [6.07, 6.45) is 7.93. The standard InChI is InChI=1S/C28H37ClN2O4/c1-4-17(5-2)11-18-12-21(13-18)28-26(19-7-8-19)27(31-35-28)20(15-25(33)34)14-24(32)30-23-9-6-16(3)10-22(23)29/h6,9-10,17-21H,4-5,7-8,11-15H2,1-3H3,(H,30,32)(H,33,34)/t18?,20-,21?/m0/s1. The molecule has 2 aliphatic rings. The van der Waals surface area contributed by atoms with Crippen LogP contribution in [0.15, 0.2) is 22.7 Å². The number of carbonyl (C=O) groups is 2. The molecule has 0 bridgehead atoms. The highest BCUT2D eigenvalue weighted by molar-refractivity contribution is 6.33. The highest BCUT2D eigenvalue weighted by Crippen LogP contribution is 2.53. The van der Waals surface area contributed by atoms with E-state index in [4.69, 9.17) is 16.1 Å². The van der Waals surface area contributed by atoms with Crippen molar-refractivity contribution in [3.63, 3.8) is 0 Å². The van der Waals surface area contributed by atoms with E-state index in [1.165, 1.54) is 19.3 Å². The van der Waals surface area contributed by atoms with Gasteiger partial charge in [-0.3, -0.25) is 9.59 Å². The van der Waals surface area contributed by atoms with Gasteiger partial charge in [0.05, 0.1) is 22.8 Å². The maximum Gasteiger partial charge on any atom is 0.304 e. The van der Waals surface area contributed by atoms with Gasteiger partial charge >= 0.3 is 5.97 Å². The Morgan fingerprint density at radius 2 is 1.89 bits per heavy atom. The summed E-state index contributed by atoms with van der Waals surface area (Å²) in [5.41, 5.74) is 3.28. The van der Waals surface area contributed by atoms with Crippen LogP contribution < -0.4 is 5.32 Å². The fourth-order valence-electron chi connectivity index (χ4n) is 5.55. The smallest absolute Gasteiger partial charge is 0.304 e. The number of nitrogens with one attached hydrogen (secondary N) is 1. The molecule has 0 spiro atoms. The minimum Gasteiger partial charge on any atom is -0.481 e. The summed E-state index contributed by atoms with van der Waals surface area (Å²) in [4.78, 5) is 24.6. The van der Waals surface area contributed by atoms with Crippen molar-refractivity contribution in [2.24, 2.45) is 11.8 Å². The number of halogens is 1. The second-order valence-corrected chi connectivity index (χ2v) is 11.0. The van der Waals surface area contributed by atoms with Crippen LogP contribution in [0.3, 0.4) is 0 Å². The summed E-state index contributed by atoms with van der Waals surface area (Å²) in [7, 11) is 0. The maximum absolute atomic E-state index is 12.9. The van der Waals surface area contributed by atoms with E-state index in [0.717, 1.165) is 54.4 Å². The average molecular weight is 501 g/mol. The molecule has 2 aromatic rings. The van der Waals surface area contributed by atoms with E-state index in [-0.39, 0.29) is 18.7 Å². The van der Waals surface area contributed by atoms with E-state index in [1.54, 1.807) is 12.1 Å². The molecule has 6 nitrogen and oxygen atoms in total. The van der Waals surface area contributed by atoms with Gasteiger partial charge in [-0.1, -0.05) is 49.5 Å². The molecule has 2 fully saturated rings. The Kier molecular flexibility index (Phi) is 8.20. The molecule has 2 aliphatic carbocycles. The highest BCUT2D eigenvalue weighted by Gasteiger charge is 2.42. The summed E-state index contributed by atoms with van der Waals surface area (Å²) in [5, 5.41) is 17.3. The molecule has 1 aromatic carbocycles. The molecule has 1 amide bonds. The first kappa shape index (κ1) is 25.7. The number of aryl methyl sites for hydroxylation is 1. The van der Waals surface area contributed by atoms with Crippen molar-refractivity contribution in [3.8, 4) is 0 Å². The second-order valence-electron chi connectivity index (χ2n) is 10.6. The molecule has 2 saturated carbocycles. The number of benzene rings is 1. The highest BCUT2D eigenvalue weighted by atomic mass is 35.5. The minimum absolute atomic E-state index is 0.0180. The molecule has 0 radical (unpaired) electrons. The third-order valence-corrected chi connectivity index (χ3v) is 8.15. The van der Waals surface area contributed by atoms with Crippen molar-refractivity contribution in [1.29, 1.82) is 0 Å². The van der Waals surface area contributed by atoms with Crippen LogP contribution in [-0.4, -0.2) is 22.1 Å². The van der Waals surface area contributed by atoms with Gasteiger partial charge in [-0.25, -0.2) is 0 Å². The molecule has 2 N–H and O–H groups in total. The Hall–Kier alpha value is -2.34. The number of nitrogens with zero attached hydrogens (tertiary/aromatic N) is 1. The van der Waals surface area contributed by atoms with E-state index in [2.05, 4.69) is 24.3 Å². The predicted octanol–water partition coefficient (Wildman–Crippen LogP) is 7.42. The lowest BCUT2D eigenvalue weighted by molar-refractivity contribution is -0.137. The van der Waals surface area contributed by atoms with Gasteiger partial charge < -0.3 is 14.9 Å². The van der Waals surface area contributed by atoms with Crippen LogP contribution in [0.25, 0.3) is 0 Å². The van der Waals surface area contributed by atoms with Gasteiger partial charge in [0.1, 0.15) is 5.76 Å². The molecule has 0 unspecified atom stereocenters. The molecule has 4 rings (SSSR count).